The molecule has 8 heteroatoms. The number of rotatable bonds is 5. The number of carbonyl (C=O) groups is 1. The Morgan fingerprint density at radius 1 is 1.50 bits per heavy atom. The summed E-state index contributed by atoms with van der Waals surface area (Å²) in [5, 5.41) is 14.1. The minimum atomic E-state index is -0.417. The third-order valence-electron chi connectivity index (χ3n) is 4.96. The van der Waals surface area contributed by atoms with Gasteiger partial charge in [-0.3, -0.25) is 14.9 Å². The molecule has 142 valence electrons. The topological polar surface area (TPSA) is 93.9 Å². The quantitative estimate of drug-likeness (QED) is 0.629. The molecule has 0 aromatic heterocycles. The SMILES string of the molecule is CC(=O)N1CCOC[C@@]2(CC[C@@H](CNCc3cccc([N+](=O)[O-])c3)O2)C1. The number of hydrogen-bond donors (Lipinski definition) is 1. The maximum Gasteiger partial charge on any atom is 0.269 e. The van der Waals surface area contributed by atoms with E-state index in [2.05, 4.69) is 5.32 Å². The molecule has 2 saturated heterocycles. The van der Waals surface area contributed by atoms with Crippen molar-refractivity contribution in [2.24, 2.45) is 0 Å². The first-order valence-corrected chi connectivity index (χ1v) is 8.93. The molecule has 26 heavy (non-hydrogen) atoms. The van der Waals surface area contributed by atoms with E-state index in [0.29, 0.717) is 39.4 Å². The van der Waals surface area contributed by atoms with Crippen LogP contribution in [0.4, 0.5) is 5.69 Å². The summed E-state index contributed by atoms with van der Waals surface area (Å²) in [6, 6.07) is 6.62. The van der Waals surface area contributed by atoms with Crippen molar-refractivity contribution in [1.82, 2.24) is 10.2 Å². The summed E-state index contributed by atoms with van der Waals surface area (Å²) in [6.07, 6.45) is 1.81. The molecule has 8 nitrogen and oxygen atoms in total. The Morgan fingerprint density at radius 2 is 2.35 bits per heavy atom. The lowest BCUT2D eigenvalue weighted by Gasteiger charge is -2.31. The van der Waals surface area contributed by atoms with Gasteiger partial charge in [-0.25, -0.2) is 0 Å². The van der Waals surface area contributed by atoms with Gasteiger partial charge in [-0.05, 0) is 18.4 Å². The van der Waals surface area contributed by atoms with Gasteiger partial charge in [-0.2, -0.15) is 0 Å². The molecule has 1 N–H and O–H groups in total. The van der Waals surface area contributed by atoms with Crippen molar-refractivity contribution in [1.29, 1.82) is 0 Å². The molecule has 1 aromatic rings. The zero-order valence-corrected chi connectivity index (χ0v) is 15.0. The second-order valence-electron chi connectivity index (χ2n) is 7.01. The second-order valence-corrected chi connectivity index (χ2v) is 7.01. The van der Waals surface area contributed by atoms with Gasteiger partial charge in [-0.1, -0.05) is 12.1 Å². The van der Waals surface area contributed by atoms with Gasteiger partial charge in [0.1, 0.15) is 5.60 Å². The molecule has 1 spiro atoms. The molecule has 0 bridgehead atoms. The number of amides is 1. The van der Waals surface area contributed by atoms with Gasteiger partial charge in [0.15, 0.2) is 0 Å². The van der Waals surface area contributed by atoms with Crippen LogP contribution in [0.15, 0.2) is 24.3 Å². The van der Waals surface area contributed by atoms with Crippen molar-refractivity contribution in [3.63, 3.8) is 0 Å². The van der Waals surface area contributed by atoms with Crippen molar-refractivity contribution in [2.45, 2.75) is 38.0 Å². The number of nitro groups is 1. The highest BCUT2D eigenvalue weighted by Gasteiger charge is 2.43. The highest BCUT2D eigenvalue weighted by atomic mass is 16.6. The smallest absolute Gasteiger partial charge is 0.269 e. The van der Waals surface area contributed by atoms with Crippen molar-refractivity contribution < 1.29 is 19.2 Å². The van der Waals surface area contributed by atoms with E-state index in [-0.39, 0.29) is 22.6 Å². The minimum Gasteiger partial charge on any atom is -0.377 e. The van der Waals surface area contributed by atoms with E-state index in [4.69, 9.17) is 9.47 Å². The lowest BCUT2D eigenvalue weighted by Crippen LogP contribution is -2.46. The first kappa shape index (κ1) is 18.8. The summed E-state index contributed by atoms with van der Waals surface area (Å²) in [5.74, 6) is 0.0470. The summed E-state index contributed by atoms with van der Waals surface area (Å²) in [4.78, 5) is 24.0. The maximum absolute atomic E-state index is 11.7. The van der Waals surface area contributed by atoms with Gasteiger partial charge < -0.3 is 19.7 Å². The van der Waals surface area contributed by atoms with E-state index in [1.165, 1.54) is 6.07 Å². The number of nitrogens with one attached hydrogen (secondary N) is 1. The Labute approximate surface area is 152 Å². The molecule has 1 amide bonds. The summed E-state index contributed by atoms with van der Waals surface area (Å²) >= 11 is 0. The molecule has 2 atom stereocenters. The van der Waals surface area contributed by atoms with Gasteiger partial charge in [0.2, 0.25) is 5.91 Å². The first-order chi connectivity index (χ1) is 12.5. The summed E-state index contributed by atoms with van der Waals surface area (Å²) in [6.45, 7) is 5.01. The first-order valence-electron chi connectivity index (χ1n) is 8.93. The van der Waals surface area contributed by atoms with Gasteiger partial charge >= 0.3 is 0 Å². The van der Waals surface area contributed by atoms with E-state index in [9.17, 15) is 14.9 Å². The Hall–Kier alpha value is -2.03. The third-order valence-corrected chi connectivity index (χ3v) is 4.96. The standard InChI is InChI=1S/C18H25N3O5/c1-14(22)20-7-8-25-13-18(12-20)6-5-17(26-18)11-19-10-15-3-2-4-16(9-15)21(23)24/h2-4,9,17,19H,5-8,10-13H2,1H3/t17-,18+/m0/s1. The molecule has 1 aromatic carbocycles. The predicted molar refractivity (Wildman–Crippen MR) is 94.7 cm³/mol. The Morgan fingerprint density at radius 3 is 3.12 bits per heavy atom. The summed E-state index contributed by atoms with van der Waals surface area (Å²) in [7, 11) is 0. The van der Waals surface area contributed by atoms with E-state index < -0.39 is 5.60 Å². The predicted octanol–water partition coefficient (Wildman–Crippen LogP) is 1.48. The zero-order chi connectivity index (χ0) is 18.6. The fourth-order valence-corrected chi connectivity index (χ4v) is 3.59. The van der Waals surface area contributed by atoms with Crippen LogP contribution in [-0.2, 0) is 20.8 Å². The van der Waals surface area contributed by atoms with Crippen LogP contribution in [0.1, 0.15) is 25.3 Å². The van der Waals surface area contributed by atoms with Gasteiger partial charge in [-0.15, -0.1) is 0 Å². The van der Waals surface area contributed by atoms with E-state index in [1.54, 1.807) is 24.0 Å². The molecule has 2 aliphatic heterocycles. The van der Waals surface area contributed by atoms with Crippen molar-refractivity contribution in [3.05, 3.63) is 39.9 Å². The fourth-order valence-electron chi connectivity index (χ4n) is 3.59. The van der Waals surface area contributed by atoms with Crippen LogP contribution >= 0.6 is 0 Å². The number of hydrogen-bond acceptors (Lipinski definition) is 6. The van der Waals surface area contributed by atoms with Gasteiger partial charge in [0.05, 0.1) is 30.8 Å². The van der Waals surface area contributed by atoms with Gasteiger partial charge in [0.25, 0.3) is 5.69 Å². The maximum atomic E-state index is 11.7. The highest BCUT2D eigenvalue weighted by Crippen LogP contribution is 2.32. The van der Waals surface area contributed by atoms with Crippen LogP contribution in [0, 0.1) is 10.1 Å². The molecule has 0 saturated carbocycles. The number of benzene rings is 1. The molecular formula is C18H25N3O5. The van der Waals surface area contributed by atoms with Crippen molar-refractivity contribution in [3.8, 4) is 0 Å². The summed E-state index contributed by atoms with van der Waals surface area (Å²) in [5.41, 5.74) is 0.549. The van der Waals surface area contributed by atoms with Crippen molar-refractivity contribution in [2.75, 3.05) is 32.8 Å². The molecule has 3 rings (SSSR count). The average Bonchev–Trinajstić information content (AvgIpc) is 2.87. The lowest BCUT2D eigenvalue weighted by atomic mass is 10.00. The molecule has 2 aliphatic rings. The molecule has 2 heterocycles. The van der Waals surface area contributed by atoms with Gasteiger partial charge in [0, 0.05) is 38.7 Å². The minimum absolute atomic E-state index is 0.0456. The highest BCUT2D eigenvalue weighted by molar-refractivity contribution is 5.73. The van der Waals surface area contributed by atoms with Crippen LogP contribution in [0.25, 0.3) is 0 Å². The number of ether oxygens (including phenoxy) is 2. The van der Waals surface area contributed by atoms with Crippen LogP contribution in [0.5, 0.6) is 0 Å². The molecule has 0 radical (unpaired) electrons. The number of nitro benzene ring substituents is 1. The zero-order valence-electron chi connectivity index (χ0n) is 15.0. The number of non-ortho nitro benzene ring substituents is 1. The molecule has 2 fully saturated rings. The Kier molecular flexibility index (Phi) is 5.85. The van der Waals surface area contributed by atoms with Crippen molar-refractivity contribution >= 4 is 11.6 Å². The monoisotopic (exact) mass is 363 g/mol. The second kappa shape index (κ2) is 8.11. The average molecular weight is 363 g/mol. The van der Waals surface area contributed by atoms with E-state index in [0.717, 1.165) is 18.4 Å². The van der Waals surface area contributed by atoms with Crippen LogP contribution in [-0.4, -0.2) is 60.3 Å². The number of nitrogens with zero attached hydrogens (tertiary/aromatic N) is 2. The largest absolute Gasteiger partial charge is 0.377 e. The normalized spacial score (nSPS) is 26.0. The van der Waals surface area contributed by atoms with Crippen LogP contribution in [0.3, 0.4) is 0 Å². The van der Waals surface area contributed by atoms with Crippen LogP contribution < -0.4 is 5.32 Å². The number of carbonyl (C=O) groups excluding carboxylic acids is 1. The Bertz CT molecular complexity index is 668. The summed E-state index contributed by atoms with van der Waals surface area (Å²) < 4.78 is 11.9. The van der Waals surface area contributed by atoms with E-state index in [1.807, 2.05) is 6.07 Å². The molecule has 0 unspecified atom stereocenters. The fraction of sp³-hybridized carbons (Fsp3) is 0.611. The van der Waals surface area contributed by atoms with E-state index >= 15 is 0 Å². The molecule has 0 aliphatic carbocycles. The van der Waals surface area contributed by atoms with Crippen LogP contribution in [0.2, 0.25) is 0 Å². The lowest BCUT2D eigenvalue weighted by molar-refractivity contribution is -0.384. The third kappa shape index (κ3) is 4.57. The Balaban J connectivity index is 1.50. The molecular weight excluding hydrogens is 338 g/mol.